The van der Waals surface area contributed by atoms with Crippen LogP contribution in [-0.4, -0.2) is 30.6 Å². The van der Waals surface area contributed by atoms with E-state index in [1.165, 1.54) is 44.9 Å². The highest BCUT2D eigenvalue weighted by atomic mass is 15.2. The van der Waals surface area contributed by atoms with Gasteiger partial charge in [-0.1, -0.05) is 19.3 Å². The molecule has 2 aliphatic carbocycles. The zero-order valence-corrected chi connectivity index (χ0v) is 9.63. The lowest BCUT2D eigenvalue weighted by Gasteiger charge is -2.47. The first-order valence-electron chi connectivity index (χ1n) is 6.10. The van der Waals surface area contributed by atoms with Crippen molar-refractivity contribution in [3.63, 3.8) is 0 Å². The molecule has 0 aliphatic heterocycles. The number of nitrogens with zero attached hydrogens (tertiary/aromatic N) is 1. The van der Waals surface area contributed by atoms with E-state index in [-0.39, 0.29) is 0 Å². The van der Waals surface area contributed by atoms with Crippen LogP contribution in [0.1, 0.15) is 44.9 Å². The average molecular weight is 196 g/mol. The molecule has 0 spiro atoms. The van der Waals surface area contributed by atoms with Gasteiger partial charge in [0.15, 0.2) is 0 Å². The fourth-order valence-corrected chi connectivity index (χ4v) is 3.14. The number of hydrogen-bond acceptors (Lipinski definition) is 2. The predicted octanol–water partition coefficient (Wildman–Crippen LogP) is 1.99. The monoisotopic (exact) mass is 196 g/mol. The van der Waals surface area contributed by atoms with Crippen LogP contribution in [0.4, 0.5) is 0 Å². The van der Waals surface area contributed by atoms with Gasteiger partial charge in [-0.05, 0) is 45.7 Å². The first kappa shape index (κ1) is 10.4. The third kappa shape index (κ3) is 1.70. The molecule has 0 bridgehead atoms. The Bertz CT molecular complexity index is 190. The Morgan fingerprint density at radius 2 is 1.71 bits per heavy atom. The van der Waals surface area contributed by atoms with Gasteiger partial charge in [0.25, 0.3) is 0 Å². The second kappa shape index (κ2) is 3.82. The van der Waals surface area contributed by atoms with Crippen molar-refractivity contribution in [1.29, 1.82) is 0 Å². The van der Waals surface area contributed by atoms with E-state index in [9.17, 15) is 0 Å². The van der Waals surface area contributed by atoms with Gasteiger partial charge >= 0.3 is 0 Å². The molecule has 0 aromatic heterocycles. The van der Waals surface area contributed by atoms with E-state index in [4.69, 9.17) is 5.73 Å². The van der Waals surface area contributed by atoms with E-state index in [1.54, 1.807) is 0 Å². The molecule has 0 aromatic carbocycles. The van der Waals surface area contributed by atoms with Crippen molar-refractivity contribution in [2.45, 2.75) is 56.5 Å². The Morgan fingerprint density at radius 3 is 2.14 bits per heavy atom. The van der Waals surface area contributed by atoms with Crippen LogP contribution in [0.2, 0.25) is 0 Å². The second-order valence-electron chi connectivity index (χ2n) is 5.42. The van der Waals surface area contributed by atoms with Crippen molar-refractivity contribution in [1.82, 2.24) is 4.90 Å². The van der Waals surface area contributed by atoms with Crippen LogP contribution < -0.4 is 5.73 Å². The highest BCUT2D eigenvalue weighted by Gasteiger charge is 2.46. The Kier molecular flexibility index (Phi) is 2.85. The highest BCUT2D eigenvalue weighted by Crippen LogP contribution is 2.43. The molecule has 2 aliphatic rings. The fourth-order valence-electron chi connectivity index (χ4n) is 3.14. The standard InChI is InChI=1S/C12H24N2/c1-14(2)12(8-4-3-5-9-12)11(13)10-6-7-10/h10-11H,3-9,13H2,1-2H3. The topological polar surface area (TPSA) is 29.3 Å². The van der Waals surface area contributed by atoms with Crippen LogP contribution in [0.25, 0.3) is 0 Å². The van der Waals surface area contributed by atoms with E-state index >= 15 is 0 Å². The summed E-state index contributed by atoms with van der Waals surface area (Å²) < 4.78 is 0. The molecule has 0 radical (unpaired) electrons. The molecule has 2 rings (SSSR count). The number of nitrogens with two attached hydrogens (primary N) is 1. The van der Waals surface area contributed by atoms with Gasteiger partial charge in [0, 0.05) is 11.6 Å². The van der Waals surface area contributed by atoms with Crippen LogP contribution in [0.15, 0.2) is 0 Å². The number of hydrogen-bond donors (Lipinski definition) is 1. The minimum Gasteiger partial charge on any atom is -0.326 e. The van der Waals surface area contributed by atoms with Crippen LogP contribution in [0.5, 0.6) is 0 Å². The summed E-state index contributed by atoms with van der Waals surface area (Å²) in [5, 5.41) is 0. The largest absolute Gasteiger partial charge is 0.326 e. The Morgan fingerprint density at radius 1 is 1.14 bits per heavy atom. The minimum atomic E-state index is 0.333. The molecule has 82 valence electrons. The van der Waals surface area contributed by atoms with Crippen molar-refractivity contribution in [3.05, 3.63) is 0 Å². The normalized spacial score (nSPS) is 29.1. The minimum absolute atomic E-state index is 0.333. The molecule has 0 aromatic rings. The van der Waals surface area contributed by atoms with Gasteiger partial charge in [-0.25, -0.2) is 0 Å². The molecular formula is C12H24N2. The van der Waals surface area contributed by atoms with Gasteiger partial charge in [0.05, 0.1) is 0 Å². The van der Waals surface area contributed by atoms with Gasteiger partial charge in [0.2, 0.25) is 0 Å². The molecule has 2 saturated carbocycles. The van der Waals surface area contributed by atoms with E-state index in [1.807, 2.05) is 0 Å². The summed E-state index contributed by atoms with van der Waals surface area (Å²) in [5.41, 5.74) is 6.78. The molecule has 14 heavy (non-hydrogen) atoms. The van der Waals surface area contributed by atoms with E-state index in [0.717, 1.165) is 5.92 Å². The Hall–Kier alpha value is -0.0800. The lowest BCUT2D eigenvalue weighted by Crippen LogP contribution is -2.59. The van der Waals surface area contributed by atoms with Gasteiger partial charge in [-0.2, -0.15) is 0 Å². The molecule has 0 amide bonds. The summed E-state index contributed by atoms with van der Waals surface area (Å²) in [6.45, 7) is 0. The van der Waals surface area contributed by atoms with E-state index in [2.05, 4.69) is 19.0 Å². The van der Waals surface area contributed by atoms with Gasteiger partial charge in [0.1, 0.15) is 0 Å². The quantitative estimate of drug-likeness (QED) is 0.748. The molecular weight excluding hydrogens is 172 g/mol. The van der Waals surface area contributed by atoms with Gasteiger partial charge in [-0.15, -0.1) is 0 Å². The summed E-state index contributed by atoms with van der Waals surface area (Å²) in [6.07, 6.45) is 9.53. The number of likely N-dealkylation sites (N-methyl/N-ethyl adjacent to an activating group) is 1. The maximum Gasteiger partial charge on any atom is 0.0357 e. The predicted molar refractivity (Wildman–Crippen MR) is 60.2 cm³/mol. The first-order chi connectivity index (χ1) is 6.67. The first-order valence-corrected chi connectivity index (χ1v) is 6.10. The molecule has 0 heterocycles. The molecule has 2 fully saturated rings. The van der Waals surface area contributed by atoms with Gasteiger partial charge < -0.3 is 10.6 Å². The number of rotatable bonds is 3. The highest BCUT2D eigenvalue weighted by molar-refractivity contribution is 5.04. The molecule has 1 atom stereocenters. The SMILES string of the molecule is CN(C)C1(C(N)C2CC2)CCCCC1. The van der Waals surface area contributed by atoms with Crippen molar-refractivity contribution in [3.8, 4) is 0 Å². The summed E-state index contributed by atoms with van der Waals surface area (Å²) in [7, 11) is 4.43. The smallest absolute Gasteiger partial charge is 0.0357 e. The van der Waals surface area contributed by atoms with E-state index < -0.39 is 0 Å². The van der Waals surface area contributed by atoms with Crippen LogP contribution in [0, 0.1) is 5.92 Å². The van der Waals surface area contributed by atoms with Crippen LogP contribution in [-0.2, 0) is 0 Å². The summed E-state index contributed by atoms with van der Waals surface area (Å²) in [6, 6.07) is 0.429. The molecule has 2 N–H and O–H groups in total. The van der Waals surface area contributed by atoms with Crippen LogP contribution >= 0.6 is 0 Å². The zero-order valence-electron chi connectivity index (χ0n) is 9.63. The van der Waals surface area contributed by atoms with Crippen molar-refractivity contribution in [2.24, 2.45) is 11.7 Å². The maximum atomic E-state index is 6.45. The van der Waals surface area contributed by atoms with Crippen LogP contribution in [0.3, 0.4) is 0 Å². The Balaban J connectivity index is 2.10. The zero-order chi connectivity index (χ0) is 10.2. The van der Waals surface area contributed by atoms with Crippen molar-refractivity contribution < 1.29 is 0 Å². The van der Waals surface area contributed by atoms with Crippen molar-refractivity contribution in [2.75, 3.05) is 14.1 Å². The van der Waals surface area contributed by atoms with E-state index in [0.29, 0.717) is 11.6 Å². The molecule has 0 saturated heterocycles. The average Bonchev–Trinajstić information content (AvgIpc) is 3.01. The van der Waals surface area contributed by atoms with Crippen molar-refractivity contribution >= 4 is 0 Å². The maximum absolute atomic E-state index is 6.45. The van der Waals surface area contributed by atoms with Gasteiger partial charge in [-0.3, -0.25) is 0 Å². The summed E-state index contributed by atoms with van der Waals surface area (Å²) >= 11 is 0. The Labute approximate surface area is 87.8 Å². The second-order valence-corrected chi connectivity index (χ2v) is 5.42. The lowest BCUT2D eigenvalue weighted by molar-refractivity contribution is 0.0638. The molecule has 2 heteroatoms. The third-order valence-electron chi connectivity index (χ3n) is 4.36. The molecule has 2 nitrogen and oxygen atoms in total. The summed E-state index contributed by atoms with van der Waals surface area (Å²) in [5.74, 6) is 0.829. The summed E-state index contributed by atoms with van der Waals surface area (Å²) in [4.78, 5) is 2.41. The molecule has 1 unspecified atom stereocenters. The third-order valence-corrected chi connectivity index (χ3v) is 4.36. The fraction of sp³-hybridized carbons (Fsp3) is 1.00. The lowest BCUT2D eigenvalue weighted by atomic mass is 9.74.